The van der Waals surface area contributed by atoms with Gasteiger partial charge in [0, 0.05) is 4.90 Å². The first-order valence-electron chi connectivity index (χ1n) is 5.36. The van der Waals surface area contributed by atoms with E-state index < -0.39 is 10.8 Å². The lowest BCUT2D eigenvalue weighted by Gasteiger charge is -2.09. The highest BCUT2D eigenvalue weighted by Gasteiger charge is 2.14. The van der Waals surface area contributed by atoms with Gasteiger partial charge in [-0.2, -0.15) is 0 Å². The van der Waals surface area contributed by atoms with Crippen molar-refractivity contribution >= 4 is 10.8 Å². The van der Waals surface area contributed by atoms with Gasteiger partial charge in [0.2, 0.25) is 0 Å². The molecule has 0 heterocycles. The largest absolute Gasteiger partial charge is 0.507 e. The van der Waals surface area contributed by atoms with Crippen molar-refractivity contribution in [1.82, 2.24) is 0 Å². The van der Waals surface area contributed by atoms with E-state index in [4.69, 9.17) is 0 Å². The quantitative estimate of drug-likeness (QED) is 0.883. The van der Waals surface area contributed by atoms with Crippen LogP contribution in [0.5, 0.6) is 5.75 Å². The van der Waals surface area contributed by atoms with E-state index in [1.807, 2.05) is 38.1 Å². The summed E-state index contributed by atoms with van der Waals surface area (Å²) in [5, 5.41) is 9.91. The van der Waals surface area contributed by atoms with Gasteiger partial charge in [-0.15, -0.1) is 0 Å². The molecule has 1 unspecified atom stereocenters. The van der Waals surface area contributed by atoms with Crippen LogP contribution in [-0.2, 0) is 10.8 Å². The Morgan fingerprint density at radius 2 is 1.71 bits per heavy atom. The molecule has 17 heavy (non-hydrogen) atoms. The summed E-state index contributed by atoms with van der Waals surface area (Å²) < 4.78 is 12.4. The topological polar surface area (TPSA) is 37.3 Å². The van der Waals surface area contributed by atoms with Crippen LogP contribution >= 0.6 is 0 Å². The molecule has 0 fully saturated rings. The molecule has 2 aromatic carbocycles. The third-order valence-corrected chi connectivity index (χ3v) is 4.14. The predicted molar refractivity (Wildman–Crippen MR) is 68.7 cm³/mol. The number of phenols is 1. The molecule has 2 nitrogen and oxygen atoms in total. The average Bonchev–Trinajstić information content (AvgIpc) is 2.28. The highest BCUT2D eigenvalue weighted by Crippen LogP contribution is 2.29. The monoisotopic (exact) mass is 246 g/mol. The molecule has 0 saturated carbocycles. The van der Waals surface area contributed by atoms with Crippen molar-refractivity contribution in [3.8, 4) is 5.75 Å². The molecular weight excluding hydrogens is 232 g/mol. The van der Waals surface area contributed by atoms with E-state index in [1.165, 1.54) is 0 Å². The lowest BCUT2D eigenvalue weighted by atomic mass is 10.1. The Kier molecular flexibility index (Phi) is 3.29. The molecule has 0 amide bonds. The second-order valence-corrected chi connectivity index (χ2v) is 5.43. The van der Waals surface area contributed by atoms with Crippen molar-refractivity contribution in [2.75, 3.05) is 0 Å². The van der Waals surface area contributed by atoms with Gasteiger partial charge in [-0.1, -0.05) is 24.3 Å². The van der Waals surface area contributed by atoms with Gasteiger partial charge in [0.05, 0.1) is 15.7 Å². The number of aryl methyl sites for hydroxylation is 2. The van der Waals surface area contributed by atoms with Gasteiger partial charge in [0.15, 0.2) is 0 Å². The summed E-state index contributed by atoms with van der Waals surface area (Å²) in [6.07, 6.45) is 0. The van der Waals surface area contributed by atoms with Crippen molar-refractivity contribution in [1.29, 1.82) is 0 Å². The zero-order valence-electron chi connectivity index (χ0n) is 9.81. The molecule has 0 aliphatic carbocycles. The van der Waals surface area contributed by atoms with Crippen LogP contribution in [0.1, 0.15) is 11.1 Å². The molecule has 0 spiro atoms. The van der Waals surface area contributed by atoms with E-state index >= 15 is 0 Å². The Hall–Kier alpha value is -1.61. The molecule has 0 radical (unpaired) electrons. The smallest absolute Gasteiger partial charge is 0.132 e. The fourth-order valence-electron chi connectivity index (χ4n) is 1.84. The van der Waals surface area contributed by atoms with Crippen molar-refractivity contribution in [2.24, 2.45) is 0 Å². The van der Waals surface area contributed by atoms with Crippen LogP contribution in [0, 0.1) is 13.8 Å². The van der Waals surface area contributed by atoms with Crippen molar-refractivity contribution in [3.63, 3.8) is 0 Å². The maximum absolute atomic E-state index is 12.4. The third-order valence-electron chi connectivity index (χ3n) is 2.54. The zero-order chi connectivity index (χ0) is 12.4. The summed E-state index contributed by atoms with van der Waals surface area (Å²) in [5.74, 6) is 0.102. The van der Waals surface area contributed by atoms with Crippen LogP contribution in [-0.4, -0.2) is 9.32 Å². The fourth-order valence-corrected chi connectivity index (χ4v) is 3.08. The summed E-state index contributed by atoms with van der Waals surface area (Å²) in [7, 11) is -1.33. The highest BCUT2D eigenvalue weighted by molar-refractivity contribution is 7.85. The van der Waals surface area contributed by atoms with E-state index in [0.29, 0.717) is 9.79 Å². The average molecular weight is 246 g/mol. The SMILES string of the molecule is Cc1cc(C)c(S(=O)c2ccccc2)c(O)c1. The van der Waals surface area contributed by atoms with E-state index in [2.05, 4.69) is 0 Å². The minimum atomic E-state index is -1.33. The number of phenolic OH excluding ortho intramolecular Hbond substituents is 1. The van der Waals surface area contributed by atoms with Crippen LogP contribution in [0.4, 0.5) is 0 Å². The maximum atomic E-state index is 12.4. The number of aromatic hydroxyl groups is 1. The minimum Gasteiger partial charge on any atom is -0.507 e. The first-order valence-corrected chi connectivity index (χ1v) is 6.51. The Morgan fingerprint density at radius 1 is 1.06 bits per heavy atom. The molecule has 3 heteroatoms. The first-order chi connectivity index (χ1) is 8.09. The molecule has 2 aromatic rings. The molecule has 1 N–H and O–H groups in total. The molecule has 2 rings (SSSR count). The summed E-state index contributed by atoms with van der Waals surface area (Å²) in [6, 6.07) is 12.7. The standard InChI is InChI=1S/C14H14O2S/c1-10-8-11(2)14(13(15)9-10)17(16)12-6-4-3-5-7-12/h3-9,15H,1-2H3. The van der Waals surface area contributed by atoms with Gasteiger partial charge in [-0.3, -0.25) is 0 Å². The van der Waals surface area contributed by atoms with Gasteiger partial charge in [0.1, 0.15) is 5.75 Å². The van der Waals surface area contributed by atoms with Crippen molar-refractivity contribution in [3.05, 3.63) is 53.6 Å². The Morgan fingerprint density at radius 3 is 2.29 bits per heavy atom. The minimum absolute atomic E-state index is 0.102. The first kappa shape index (κ1) is 11.9. The lowest BCUT2D eigenvalue weighted by molar-refractivity contribution is 0.459. The molecule has 0 bridgehead atoms. The van der Waals surface area contributed by atoms with Crippen LogP contribution in [0.3, 0.4) is 0 Å². The molecule has 88 valence electrons. The second-order valence-electron chi connectivity index (χ2n) is 4.01. The third kappa shape index (κ3) is 2.39. The second kappa shape index (κ2) is 4.72. The van der Waals surface area contributed by atoms with E-state index in [1.54, 1.807) is 18.2 Å². The number of benzene rings is 2. The fraction of sp³-hybridized carbons (Fsp3) is 0.143. The molecular formula is C14H14O2S. The van der Waals surface area contributed by atoms with E-state index in [9.17, 15) is 9.32 Å². The van der Waals surface area contributed by atoms with Crippen molar-refractivity contribution in [2.45, 2.75) is 23.6 Å². The van der Waals surface area contributed by atoms with Gasteiger partial charge < -0.3 is 5.11 Å². The number of hydrogen-bond acceptors (Lipinski definition) is 2. The van der Waals surface area contributed by atoms with Crippen LogP contribution in [0.2, 0.25) is 0 Å². The van der Waals surface area contributed by atoms with E-state index in [0.717, 1.165) is 11.1 Å². The Bertz CT molecular complexity index is 539. The van der Waals surface area contributed by atoms with Gasteiger partial charge >= 0.3 is 0 Å². The van der Waals surface area contributed by atoms with Gasteiger partial charge in [-0.25, -0.2) is 4.21 Å². The maximum Gasteiger partial charge on any atom is 0.132 e. The molecule has 0 aromatic heterocycles. The van der Waals surface area contributed by atoms with E-state index in [-0.39, 0.29) is 5.75 Å². The van der Waals surface area contributed by atoms with Gasteiger partial charge in [-0.05, 0) is 43.2 Å². The summed E-state index contributed by atoms with van der Waals surface area (Å²) in [4.78, 5) is 1.21. The Labute approximate surface area is 103 Å². The molecule has 0 aliphatic heterocycles. The van der Waals surface area contributed by atoms with Crippen LogP contribution < -0.4 is 0 Å². The molecule has 0 aliphatic rings. The molecule has 1 atom stereocenters. The molecule has 0 saturated heterocycles. The van der Waals surface area contributed by atoms with Crippen molar-refractivity contribution < 1.29 is 9.32 Å². The van der Waals surface area contributed by atoms with Crippen LogP contribution in [0.25, 0.3) is 0 Å². The normalized spacial score (nSPS) is 12.4. The Balaban J connectivity index is 2.52. The number of rotatable bonds is 2. The predicted octanol–water partition coefficient (Wildman–Crippen LogP) is 3.18. The van der Waals surface area contributed by atoms with Gasteiger partial charge in [0.25, 0.3) is 0 Å². The zero-order valence-corrected chi connectivity index (χ0v) is 10.6. The summed E-state index contributed by atoms with van der Waals surface area (Å²) in [5.41, 5.74) is 1.82. The summed E-state index contributed by atoms with van der Waals surface area (Å²) >= 11 is 0. The lowest BCUT2D eigenvalue weighted by Crippen LogP contribution is -1.97. The highest BCUT2D eigenvalue weighted by atomic mass is 32.2. The number of hydrogen-bond donors (Lipinski definition) is 1. The summed E-state index contributed by atoms with van der Waals surface area (Å²) in [6.45, 7) is 3.77. The van der Waals surface area contributed by atoms with Crippen LogP contribution in [0.15, 0.2) is 52.3 Å².